The standard InChI is InChI=1S/C12H16ClN3O3/c13-10-7-9(12(18)19)8-14-11(10)16-3-1-15(2-4-16)5-6-17/h7-8,17H,1-6H2,(H,18,19). The molecule has 1 saturated heterocycles. The summed E-state index contributed by atoms with van der Waals surface area (Å²) in [5.74, 6) is -0.413. The van der Waals surface area contributed by atoms with Crippen molar-refractivity contribution in [3.63, 3.8) is 0 Å². The summed E-state index contributed by atoms with van der Waals surface area (Å²) >= 11 is 6.08. The van der Waals surface area contributed by atoms with Gasteiger partial charge in [-0.1, -0.05) is 11.6 Å². The third kappa shape index (κ3) is 3.34. The predicted molar refractivity (Wildman–Crippen MR) is 71.9 cm³/mol. The van der Waals surface area contributed by atoms with Crippen LogP contribution >= 0.6 is 11.6 Å². The Morgan fingerprint density at radius 2 is 2.05 bits per heavy atom. The molecule has 0 bridgehead atoms. The van der Waals surface area contributed by atoms with Gasteiger partial charge in [-0.25, -0.2) is 9.78 Å². The molecular formula is C12H16ClN3O3. The first-order valence-electron chi connectivity index (χ1n) is 6.09. The molecule has 2 rings (SSSR count). The molecule has 1 aliphatic heterocycles. The molecular weight excluding hydrogens is 270 g/mol. The van der Waals surface area contributed by atoms with Gasteiger partial charge >= 0.3 is 5.97 Å². The zero-order valence-electron chi connectivity index (χ0n) is 10.4. The van der Waals surface area contributed by atoms with Crippen molar-refractivity contribution in [3.8, 4) is 0 Å². The molecule has 2 heterocycles. The number of carboxylic acids is 1. The second kappa shape index (κ2) is 6.18. The van der Waals surface area contributed by atoms with Crippen LogP contribution < -0.4 is 4.90 Å². The van der Waals surface area contributed by atoms with Crippen LogP contribution in [0.1, 0.15) is 10.4 Å². The number of halogens is 1. The molecule has 0 aliphatic carbocycles. The summed E-state index contributed by atoms with van der Waals surface area (Å²) in [4.78, 5) is 19.1. The minimum atomic E-state index is -1.03. The molecule has 0 atom stereocenters. The number of anilines is 1. The summed E-state index contributed by atoms with van der Waals surface area (Å²) in [5.41, 5.74) is 0.0904. The minimum Gasteiger partial charge on any atom is -0.478 e. The van der Waals surface area contributed by atoms with E-state index in [2.05, 4.69) is 9.88 Å². The first kappa shape index (κ1) is 14.0. The van der Waals surface area contributed by atoms with Crippen molar-refractivity contribution in [2.75, 3.05) is 44.2 Å². The number of β-amino-alcohol motifs (C(OH)–C–C–N with tert-alkyl or cyclic N) is 1. The third-order valence-electron chi connectivity index (χ3n) is 3.16. The van der Waals surface area contributed by atoms with E-state index in [1.807, 2.05) is 4.90 Å². The summed E-state index contributed by atoms with van der Waals surface area (Å²) in [7, 11) is 0. The first-order valence-corrected chi connectivity index (χ1v) is 6.46. The molecule has 0 spiro atoms. The lowest BCUT2D eigenvalue weighted by atomic mass is 10.2. The average molecular weight is 286 g/mol. The van der Waals surface area contributed by atoms with Crippen LogP contribution in [-0.2, 0) is 0 Å². The lowest BCUT2D eigenvalue weighted by Gasteiger charge is -2.35. The number of aliphatic hydroxyl groups excluding tert-OH is 1. The Balaban J connectivity index is 2.05. The van der Waals surface area contributed by atoms with Crippen molar-refractivity contribution in [2.45, 2.75) is 0 Å². The number of hydrogen-bond acceptors (Lipinski definition) is 5. The van der Waals surface area contributed by atoms with Gasteiger partial charge in [-0.15, -0.1) is 0 Å². The molecule has 0 amide bonds. The van der Waals surface area contributed by atoms with Crippen molar-refractivity contribution < 1.29 is 15.0 Å². The van der Waals surface area contributed by atoms with Gasteiger partial charge in [0.15, 0.2) is 0 Å². The highest BCUT2D eigenvalue weighted by Crippen LogP contribution is 2.25. The number of pyridine rings is 1. The zero-order valence-corrected chi connectivity index (χ0v) is 11.2. The smallest absolute Gasteiger partial charge is 0.337 e. The van der Waals surface area contributed by atoms with Gasteiger partial charge in [0.25, 0.3) is 0 Å². The topological polar surface area (TPSA) is 76.9 Å². The molecule has 1 aromatic rings. The Hall–Kier alpha value is -1.37. The van der Waals surface area contributed by atoms with E-state index in [0.717, 1.165) is 26.2 Å². The van der Waals surface area contributed by atoms with E-state index in [1.165, 1.54) is 12.3 Å². The molecule has 19 heavy (non-hydrogen) atoms. The van der Waals surface area contributed by atoms with Crippen LogP contribution in [0.3, 0.4) is 0 Å². The first-order chi connectivity index (χ1) is 9.11. The molecule has 104 valence electrons. The number of aliphatic hydroxyl groups is 1. The van der Waals surface area contributed by atoms with E-state index in [4.69, 9.17) is 21.8 Å². The normalized spacial score (nSPS) is 16.6. The lowest BCUT2D eigenvalue weighted by Crippen LogP contribution is -2.47. The minimum absolute atomic E-state index is 0.0904. The van der Waals surface area contributed by atoms with Gasteiger partial charge in [-0.2, -0.15) is 0 Å². The molecule has 1 aromatic heterocycles. The molecule has 0 radical (unpaired) electrons. The highest BCUT2D eigenvalue weighted by molar-refractivity contribution is 6.33. The van der Waals surface area contributed by atoms with Gasteiger partial charge in [0.2, 0.25) is 0 Å². The number of hydrogen-bond donors (Lipinski definition) is 2. The van der Waals surface area contributed by atoms with Gasteiger partial charge in [0.05, 0.1) is 17.2 Å². The number of aromatic carboxylic acids is 1. The molecule has 0 unspecified atom stereocenters. The van der Waals surface area contributed by atoms with E-state index >= 15 is 0 Å². The van der Waals surface area contributed by atoms with Crippen molar-refractivity contribution in [3.05, 3.63) is 22.8 Å². The molecule has 0 saturated carbocycles. The maximum atomic E-state index is 10.8. The average Bonchev–Trinajstić information content (AvgIpc) is 2.40. The van der Waals surface area contributed by atoms with Gasteiger partial charge in [-0.3, -0.25) is 4.90 Å². The molecule has 0 aromatic carbocycles. The van der Waals surface area contributed by atoms with Crippen LogP contribution in [0.15, 0.2) is 12.3 Å². The monoisotopic (exact) mass is 285 g/mol. The second-order valence-electron chi connectivity index (χ2n) is 4.39. The molecule has 6 nitrogen and oxygen atoms in total. The van der Waals surface area contributed by atoms with Crippen molar-refractivity contribution in [1.29, 1.82) is 0 Å². The van der Waals surface area contributed by atoms with Crippen LogP contribution in [0.4, 0.5) is 5.82 Å². The number of aromatic nitrogens is 1. The summed E-state index contributed by atoms with van der Waals surface area (Å²) < 4.78 is 0. The van der Waals surface area contributed by atoms with Crippen LogP contribution in [0, 0.1) is 0 Å². The highest BCUT2D eigenvalue weighted by atomic mass is 35.5. The third-order valence-corrected chi connectivity index (χ3v) is 3.43. The fraction of sp³-hybridized carbons (Fsp3) is 0.500. The molecule has 2 N–H and O–H groups in total. The number of rotatable bonds is 4. The molecule has 1 fully saturated rings. The number of carboxylic acid groups (broad SMARTS) is 1. The number of carbonyl (C=O) groups is 1. The number of piperazine rings is 1. The van der Waals surface area contributed by atoms with Crippen LogP contribution in [0.5, 0.6) is 0 Å². The van der Waals surface area contributed by atoms with Gasteiger partial charge in [0, 0.05) is 38.9 Å². The lowest BCUT2D eigenvalue weighted by molar-refractivity contribution is 0.0696. The summed E-state index contributed by atoms with van der Waals surface area (Å²) in [5, 5.41) is 18.1. The Kier molecular flexibility index (Phi) is 4.57. The Morgan fingerprint density at radius 1 is 1.37 bits per heavy atom. The van der Waals surface area contributed by atoms with E-state index < -0.39 is 5.97 Å². The maximum absolute atomic E-state index is 10.8. The van der Waals surface area contributed by atoms with Crippen LogP contribution in [0.25, 0.3) is 0 Å². The number of nitrogens with zero attached hydrogens (tertiary/aromatic N) is 3. The van der Waals surface area contributed by atoms with Crippen molar-refractivity contribution >= 4 is 23.4 Å². The quantitative estimate of drug-likeness (QED) is 0.841. The molecule has 7 heteroatoms. The maximum Gasteiger partial charge on any atom is 0.337 e. The SMILES string of the molecule is O=C(O)c1cnc(N2CCN(CCO)CC2)c(Cl)c1. The van der Waals surface area contributed by atoms with E-state index in [-0.39, 0.29) is 12.2 Å². The molecule has 1 aliphatic rings. The largest absolute Gasteiger partial charge is 0.478 e. The summed E-state index contributed by atoms with van der Waals surface area (Å²) in [6.45, 7) is 4.02. The van der Waals surface area contributed by atoms with Gasteiger partial charge < -0.3 is 15.1 Å². The Morgan fingerprint density at radius 3 is 2.58 bits per heavy atom. The van der Waals surface area contributed by atoms with Gasteiger partial charge in [0.1, 0.15) is 5.82 Å². The Bertz CT molecular complexity index is 462. The van der Waals surface area contributed by atoms with Crippen molar-refractivity contribution in [2.24, 2.45) is 0 Å². The summed E-state index contributed by atoms with van der Waals surface area (Å²) in [6, 6.07) is 1.42. The van der Waals surface area contributed by atoms with E-state index in [9.17, 15) is 4.79 Å². The fourth-order valence-corrected chi connectivity index (χ4v) is 2.39. The summed E-state index contributed by atoms with van der Waals surface area (Å²) in [6.07, 6.45) is 1.32. The second-order valence-corrected chi connectivity index (χ2v) is 4.79. The fourth-order valence-electron chi connectivity index (χ4n) is 2.11. The highest BCUT2D eigenvalue weighted by Gasteiger charge is 2.20. The van der Waals surface area contributed by atoms with Gasteiger partial charge in [-0.05, 0) is 6.07 Å². The van der Waals surface area contributed by atoms with Crippen LogP contribution in [0.2, 0.25) is 5.02 Å². The van der Waals surface area contributed by atoms with E-state index in [0.29, 0.717) is 17.4 Å². The predicted octanol–water partition coefficient (Wildman–Crippen LogP) is 0.547. The van der Waals surface area contributed by atoms with Crippen molar-refractivity contribution in [1.82, 2.24) is 9.88 Å². The van der Waals surface area contributed by atoms with E-state index in [1.54, 1.807) is 0 Å². The van der Waals surface area contributed by atoms with Crippen LogP contribution in [-0.4, -0.2) is 65.4 Å². The zero-order chi connectivity index (χ0) is 13.8. The Labute approximate surface area is 116 Å².